The predicted octanol–water partition coefficient (Wildman–Crippen LogP) is 6.92. The van der Waals surface area contributed by atoms with Crippen LogP contribution in [0.2, 0.25) is 0 Å². The van der Waals surface area contributed by atoms with Crippen molar-refractivity contribution in [3.8, 4) is 0 Å². The minimum Gasteiger partial charge on any atom is -0.336 e. The number of nitrogens with zero attached hydrogens (tertiary/aromatic N) is 4. The lowest BCUT2D eigenvalue weighted by molar-refractivity contribution is 0.629. The molecule has 0 aliphatic carbocycles. The van der Waals surface area contributed by atoms with E-state index in [0.717, 1.165) is 33.1 Å². The van der Waals surface area contributed by atoms with Crippen molar-refractivity contribution in [1.29, 1.82) is 0 Å². The van der Waals surface area contributed by atoms with Crippen molar-refractivity contribution < 1.29 is 0 Å². The van der Waals surface area contributed by atoms with Crippen molar-refractivity contribution in [2.45, 2.75) is 13.1 Å². The summed E-state index contributed by atoms with van der Waals surface area (Å²) in [6.45, 7) is 1.65. The number of fused-ring (bicyclic) bond motifs is 6. The van der Waals surface area contributed by atoms with Crippen molar-refractivity contribution in [2.24, 2.45) is 0 Å². The van der Waals surface area contributed by atoms with Gasteiger partial charge in [-0.2, -0.15) is 0 Å². The van der Waals surface area contributed by atoms with Gasteiger partial charge < -0.3 is 9.13 Å². The Hall–Kier alpha value is -2.70. The Morgan fingerprint density at radius 1 is 0.600 bits per heavy atom. The van der Waals surface area contributed by atoms with Gasteiger partial charge in [-0.15, -0.1) is 0 Å². The van der Waals surface area contributed by atoms with Crippen LogP contribution >= 0.6 is 31.9 Å². The van der Waals surface area contributed by atoms with E-state index < -0.39 is 0 Å². The lowest BCUT2D eigenvalue weighted by atomic mass is 10.2. The van der Waals surface area contributed by atoms with E-state index in [4.69, 9.17) is 0 Å². The van der Waals surface area contributed by atoms with E-state index in [1.165, 1.54) is 32.6 Å². The zero-order valence-electron chi connectivity index (χ0n) is 15.9. The molecule has 0 spiro atoms. The van der Waals surface area contributed by atoms with Crippen LogP contribution in [-0.4, -0.2) is 19.1 Å². The molecule has 0 amide bonds. The quantitative estimate of drug-likeness (QED) is 0.254. The molecule has 4 nitrogen and oxygen atoms in total. The van der Waals surface area contributed by atoms with Crippen molar-refractivity contribution in [3.63, 3.8) is 0 Å². The highest BCUT2D eigenvalue weighted by Crippen LogP contribution is 2.35. The van der Waals surface area contributed by atoms with E-state index in [9.17, 15) is 0 Å². The zero-order chi connectivity index (χ0) is 20.2. The number of aromatic nitrogens is 4. The molecule has 0 bridgehead atoms. The molecule has 0 saturated carbocycles. The molecule has 146 valence electrons. The number of benzene rings is 2. The fourth-order valence-electron chi connectivity index (χ4n) is 4.58. The zero-order valence-corrected chi connectivity index (χ0v) is 19.1. The first-order valence-electron chi connectivity index (χ1n) is 9.75. The summed E-state index contributed by atoms with van der Waals surface area (Å²) in [4.78, 5) is 8.79. The van der Waals surface area contributed by atoms with Gasteiger partial charge in [0, 0.05) is 56.0 Å². The summed E-state index contributed by atoms with van der Waals surface area (Å²) >= 11 is 7.54. The summed E-state index contributed by atoms with van der Waals surface area (Å²) in [7, 11) is 0. The van der Waals surface area contributed by atoms with Gasteiger partial charge in [-0.25, -0.2) is 0 Å². The van der Waals surface area contributed by atoms with E-state index in [2.05, 4.69) is 99.5 Å². The van der Waals surface area contributed by atoms with Crippen molar-refractivity contribution in [1.82, 2.24) is 19.1 Å². The molecule has 0 N–H and O–H groups in total. The maximum Gasteiger partial charge on any atom is 0.0678 e. The average Bonchev–Trinajstić information content (AvgIpc) is 3.27. The molecule has 4 heterocycles. The first-order valence-corrected chi connectivity index (χ1v) is 11.3. The van der Waals surface area contributed by atoms with Crippen LogP contribution < -0.4 is 0 Å². The van der Waals surface area contributed by atoms with Gasteiger partial charge in [-0.3, -0.25) is 9.97 Å². The highest BCUT2D eigenvalue weighted by Gasteiger charge is 2.16. The number of pyridine rings is 2. The molecule has 0 radical (unpaired) electrons. The molecule has 2 aromatic carbocycles. The van der Waals surface area contributed by atoms with E-state index in [-0.39, 0.29) is 0 Å². The predicted molar refractivity (Wildman–Crippen MR) is 130 cm³/mol. The lowest BCUT2D eigenvalue weighted by Crippen LogP contribution is -2.08. The van der Waals surface area contributed by atoms with Gasteiger partial charge >= 0.3 is 0 Å². The fraction of sp³-hybridized carbons (Fsp3) is 0.0833. The lowest BCUT2D eigenvalue weighted by Gasteiger charge is -2.12. The van der Waals surface area contributed by atoms with E-state index in [0.29, 0.717) is 0 Å². The Morgan fingerprint density at radius 2 is 1.07 bits per heavy atom. The molecule has 6 aromatic rings. The maximum atomic E-state index is 4.40. The standard InChI is InChI=1S/C24H16Br2N4/c25-19-5-1-3-17-15-7-9-27-13-21(15)29(23(17)19)11-12-30-22-14-28-10-8-16(22)18-4-2-6-20(26)24(18)30/h1-10,13-14H,11-12H2. The molecule has 0 fully saturated rings. The van der Waals surface area contributed by atoms with Gasteiger partial charge in [-0.1, -0.05) is 24.3 Å². The van der Waals surface area contributed by atoms with Gasteiger partial charge in [0.25, 0.3) is 0 Å². The molecule has 4 aromatic heterocycles. The maximum absolute atomic E-state index is 4.40. The SMILES string of the molecule is Brc1cccc2c3ccncc3n(CCn3c4cnccc4c4cccc(Br)c43)c12. The van der Waals surface area contributed by atoms with Gasteiger partial charge in [0.2, 0.25) is 0 Å². The van der Waals surface area contributed by atoms with Crippen molar-refractivity contribution in [2.75, 3.05) is 0 Å². The summed E-state index contributed by atoms with van der Waals surface area (Å²) in [6, 6.07) is 16.9. The van der Waals surface area contributed by atoms with Crippen LogP contribution in [0.3, 0.4) is 0 Å². The third-order valence-electron chi connectivity index (χ3n) is 5.82. The number of halogens is 2. The molecule has 0 saturated heterocycles. The van der Waals surface area contributed by atoms with Gasteiger partial charge in [0.15, 0.2) is 0 Å². The van der Waals surface area contributed by atoms with Crippen LogP contribution in [0.5, 0.6) is 0 Å². The minimum atomic E-state index is 0.823. The van der Waals surface area contributed by atoms with Crippen LogP contribution in [0.15, 0.2) is 82.3 Å². The highest BCUT2D eigenvalue weighted by molar-refractivity contribution is 9.11. The Bertz CT molecular complexity index is 1460. The second kappa shape index (κ2) is 6.93. The Balaban J connectivity index is 1.57. The van der Waals surface area contributed by atoms with E-state index in [1.54, 1.807) is 0 Å². The highest BCUT2D eigenvalue weighted by atomic mass is 79.9. The summed E-state index contributed by atoms with van der Waals surface area (Å²) in [6.07, 6.45) is 7.65. The third-order valence-corrected chi connectivity index (χ3v) is 7.10. The molecular formula is C24H16Br2N4. The molecule has 0 aliphatic heterocycles. The number of aryl methyl sites for hydroxylation is 2. The molecule has 0 atom stereocenters. The number of para-hydroxylation sites is 2. The first-order chi connectivity index (χ1) is 14.7. The fourth-order valence-corrected chi connectivity index (χ4v) is 5.74. The van der Waals surface area contributed by atoms with Gasteiger partial charge in [-0.05, 0) is 56.1 Å². The van der Waals surface area contributed by atoms with Crippen LogP contribution in [0.4, 0.5) is 0 Å². The second-order valence-electron chi connectivity index (χ2n) is 7.36. The third kappa shape index (κ3) is 2.57. The first kappa shape index (κ1) is 18.1. The van der Waals surface area contributed by atoms with E-state index in [1.807, 2.05) is 24.8 Å². The molecule has 30 heavy (non-hydrogen) atoms. The van der Waals surface area contributed by atoms with Crippen LogP contribution in [0.1, 0.15) is 0 Å². The molecule has 0 unspecified atom stereocenters. The number of hydrogen-bond acceptors (Lipinski definition) is 2. The largest absolute Gasteiger partial charge is 0.336 e. The molecule has 6 rings (SSSR count). The number of hydrogen-bond donors (Lipinski definition) is 0. The summed E-state index contributed by atoms with van der Waals surface area (Å²) in [5.74, 6) is 0. The van der Waals surface area contributed by atoms with Crippen molar-refractivity contribution >= 4 is 75.5 Å². The molecule has 6 heteroatoms. The van der Waals surface area contributed by atoms with Crippen molar-refractivity contribution in [3.05, 3.63) is 82.3 Å². The smallest absolute Gasteiger partial charge is 0.0678 e. The Morgan fingerprint density at radius 3 is 1.53 bits per heavy atom. The Labute approximate surface area is 189 Å². The molecule has 0 aliphatic rings. The second-order valence-corrected chi connectivity index (χ2v) is 9.07. The van der Waals surface area contributed by atoms with Crippen LogP contribution in [-0.2, 0) is 13.1 Å². The Kier molecular flexibility index (Phi) is 4.18. The minimum absolute atomic E-state index is 0.823. The van der Waals surface area contributed by atoms with Crippen LogP contribution in [0.25, 0.3) is 43.6 Å². The van der Waals surface area contributed by atoms with Crippen LogP contribution in [0, 0.1) is 0 Å². The molecular weight excluding hydrogens is 504 g/mol. The summed E-state index contributed by atoms with van der Waals surface area (Å²) < 4.78 is 6.93. The summed E-state index contributed by atoms with van der Waals surface area (Å²) in [5.41, 5.74) is 4.71. The average molecular weight is 520 g/mol. The van der Waals surface area contributed by atoms with E-state index >= 15 is 0 Å². The monoisotopic (exact) mass is 518 g/mol. The summed E-state index contributed by atoms with van der Waals surface area (Å²) in [5, 5.41) is 4.94. The van der Waals surface area contributed by atoms with Gasteiger partial charge in [0.05, 0.1) is 34.5 Å². The normalized spacial score (nSPS) is 11.9. The number of rotatable bonds is 3. The topological polar surface area (TPSA) is 35.6 Å². The van der Waals surface area contributed by atoms with Gasteiger partial charge in [0.1, 0.15) is 0 Å².